The number of carbonyl (C=O) groups excluding carboxylic acids is 1. The van der Waals surface area contributed by atoms with Gasteiger partial charge >= 0.3 is 5.97 Å². The number of ether oxygens (including phenoxy) is 1. The van der Waals surface area contributed by atoms with Gasteiger partial charge < -0.3 is 9.84 Å². The number of Topliss-reactive ketones (excluding diaryl/α,β-unsaturated/α-hetero) is 1. The van der Waals surface area contributed by atoms with E-state index >= 15 is 0 Å². The van der Waals surface area contributed by atoms with Gasteiger partial charge in [-0.05, 0) is 19.2 Å². The average molecular weight is 409 g/mol. The number of carboxylic acid groups (broad SMARTS) is 1. The van der Waals surface area contributed by atoms with Crippen molar-refractivity contribution in [2.75, 3.05) is 12.5 Å². The summed E-state index contributed by atoms with van der Waals surface area (Å²) < 4.78 is 17.5. The molecule has 0 aromatic heterocycles. The van der Waals surface area contributed by atoms with Gasteiger partial charge in [0.15, 0.2) is 11.9 Å². The lowest BCUT2D eigenvalue weighted by Gasteiger charge is -2.11. The van der Waals surface area contributed by atoms with Gasteiger partial charge in [-0.1, -0.05) is 23.2 Å². The molecule has 0 aliphatic carbocycles. The van der Waals surface area contributed by atoms with E-state index in [1.165, 1.54) is 24.1 Å². The van der Waals surface area contributed by atoms with Gasteiger partial charge in [-0.15, -0.1) is 11.8 Å². The van der Waals surface area contributed by atoms with E-state index in [-0.39, 0.29) is 27.8 Å². The predicted octanol–water partition coefficient (Wildman–Crippen LogP) is 3.54. The molecule has 1 aromatic rings. The second-order valence-corrected chi connectivity index (χ2v) is 8.24. The van der Waals surface area contributed by atoms with Gasteiger partial charge in [0.2, 0.25) is 0 Å². The van der Waals surface area contributed by atoms with E-state index in [1.54, 1.807) is 13.2 Å². The molecule has 1 aliphatic heterocycles. The van der Waals surface area contributed by atoms with E-state index in [9.17, 15) is 13.8 Å². The van der Waals surface area contributed by atoms with Gasteiger partial charge in [0, 0.05) is 29.4 Å². The number of aliphatic carboxylic acids is 1. The molecule has 1 aliphatic rings. The SMILES string of the molecule is CSC(=C(C)C(=O)c1cc2c(c(Cl)c1Cl)OC(C(=O)O)C2)S(C)=O. The van der Waals surface area contributed by atoms with Gasteiger partial charge in [-0.3, -0.25) is 9.00 Å². The Morgan fingerprint density at radius 3 is 2.50 bits per heavy atom. The van der Waals surface area contributed by atoms with Crippen molar-refractivity contribution in [3.63, 3.8) is 0 Å². The third-order valence-corrected chi connectivity index (χ3v) is 7.08. The van der Waals surface area contributed by atoms with Crippen molar-refractivity contribution < 1.29 is 23.6 Å². The molecule has 0 bridgehead atoms. The maximum atomic E-state index is 12.7. The minimum Gasteiger partial charge on any atom is -0.478 e. The van der Waals surface area contributed by atoms with Gasteiger partial charge in [0.1, 0.15) is 10.8 Å². The van der Waals surface area contributed by atoms with Crippen LogP contribution in [0.1, 0.15) is 22.8 Å². The third-order valence-electron chi connectivity index (χ3n) is 3.52. The van der Waals surface area contributed by atoms with Crippen molar-refractivity contribution in [1.82, 2.24) is 0 Å². The van der Waals surface area contributed by atoms with Crippen LogP contribution in [0.4, 0.5) is 0 Å². The molecule has 5 nitrogen and oxygen atoms in total. The highest BCUT2D eigenvalue weighted by atomic mass is 35.5. The number of allylic oxidation sites excluding steroid dienone is 1. The second-order valence-electron chi connectivity index (χ2n) is 5.09. The molecule has 1 heterocycles. The standard InChI is InChI=1S/C15H14Cl2O5S2/c1-6(15(23-2)24(3)21)12(18)8-4-7-5-9(14(19)20)22-13(7)11(17)10(8)16/h4,9H,5H2,1-3H3,(H,19,20). The lowest BCUT2D eigenvalue weighted by atomic mass is 10.0. The number of hydrogen-bond donors (Lipinski definition) is 1. The van der Waals surface area contributed by atoms with Crippen LogP contribution in [0.5, 0.6) is 5.75 Å². The number of rotatable bonds is 5. The highest BCUT2D eigenvalue weighted by Gasteiger charge is 2.33. The zero-order valence-electron chi connectivity index (χ0n) is 13.0. The van der Waals surface area contributed by atoms with Crippen LogP contribution >= 0.6 is 35.0 Å². The molecule has 0 amide bonds. The Labute approximate surface area is 155 Å². The summed E-state index contributed by atoms with van der Waals surface area (Å²) in [6.45, 7) is 1.57. The summed E-state index contributed by atoms with van der Waals surface area (Å²) in [6.07, 6.45) is 2.27. The van der Waals surface area contributed by atoms with E-state index in [0.717, 1.165) is 0 Å². The molecule has 0 saturated heterocycles. The van der Waals surface area contributed by atoms with Crippen LogP contribution in [0.15, 0.2) is 15.9 Å². The normalized spacial score (nSPS) is 18.5. The molecule has 130 valence electrons. The Balaban J connectivity index is 2.53. The summed E-state index contributed by atoms with van der Waals surface area (Å²) in [7, 11) is -1.31. The molecule has 24 heavy (non-hydrogen) atoms. The van der Waals surface area contributed by atoms with Crippen LogP contribution < -0.4 is 4.74 Å². The number of ketones is 1. The molecule has 1 N–H and O–H groups in total. The molecule has 2 rings (SSSR count). The van der Waals surface area contributed by atoms with Gasteiger partial charge in [-0.25, -0.2) is 4.79 Å². The quantitative estimate of drug-likeness (QED) is 0.592. The van der Waals surface area contributed by atoms with Crippen molar-refractivity contribution in [2.45, 2.75) is 19.4 Å². The van der Waals surface area contributed by atoms with Crippen LogP contribution in [0.25, 0.3) is 0 Å². The van der Waals surface area contributed by atoms with Crippen molar-refractivity contribution in [3.8, 4) is 5.75 Å². The molecule has 2 atom stereocenters. The molecular weight excluding hydrogens is 395 g/mol. The number of fused-ring (bicyclic) bond motifs is 1. The largest absolute Gasteiger partial charge is 0.478 e. The van der Waals surface area contributed by atoms with Crippen molar-refractivity contribution in [3.05, 3.63) is 37.0 Å². The van der Waals surface area contributed by atoms with Crippen molar-refractivity contribution in [2.24, 2.45) is 0 Å². The average Bonchev–Trinajstić information content (AvgIpc) is 2.95. The molecule has 9 heteroatoms. The van der Waals surface area contributed by atoms with Crippen LogP contribution in [-0.2, 0) is 22.0 Å². The summed E-state index contributed by atoms with van der Waals surface area (Å²) in [5.74, 6) is -1.33. The highest BCUT2D eigenvalue weighted by molar-refractivity contribution is 8.16. The Bertz CT molecular complexity index is 789. The number of thioether (sulfide) groups is 1. The smallest absolute Gasteiger partial charge is 0.345 e. The van der Waals surface area contributed by atoms with Crippen molar-refractivity contribution in [1.29, 1.82) is 0 Å². The van der Waals surface area contributed by atoms with E-state index in [1.807, 2.05) is 0 Å². The summed E-state index contributed by atoms with van der Waals surface area (Å²) in [5, 5.41) is 9.07. The highest BCUT2D eigenvalue weighted by Crippen LogP contribution is 2.43. The molecule has 0 fully saturated rings. The molecule has 2 unspecified atom stereocenters. The van der Waals surface area contributed by atoms with Gasteiger partial charge in [0.05, 0.1) is 20.1 Å². The second kappa shape index (κ2) is 7.47. The first-order chi connectivity index (χ1) is 11.2. The summed E-state index contributed by atoms with van der Waals surface area (Å²) in [5.41, 5.74) is 0.968. The van der Waals surface area contributed by atoms with E-state index in [2.05, 4.69) is 0 Å². The minimum atomic E-state index is -1.31. The van der Waals surface area contributed by atoms with E-state index in [4.69, 9.17) is 33.0 Å². The first kappa shape index (κ1) is 19.3. The molecule has 0 radical (unpaired) electrons. The predicted molar refractivity (Wildman–Crippen MR) is 96.8 cm³/mol. The van der Waals surface area contributed by atoms with Crippen LogP contribution in [0.3, 0.4) is 0 Å². The fraction of sp³-hybridized carbons (Fsp3) is 0.333. The molecule has 0 spiro atoms. The Hall–Kier alpha value is -1.02. The maximum absolute atomic E-state index is 12.7. The first-order valence-corrected chi connectivity index (χ1v) is 10.3. The van der Waals surface area contributed by atoms with Crippen LogP contribution in [0.2, 0.25) is 10.0 Å². The number of carbonyl (C=O) groups is 2. The van der Waals surface area contributed by atoms with Gasteiger partial charge in [0.25, 0.3) is 0 Å². The van der Waals surface area contributed by atoms with Crippen LogP contribution in [-0.4, -0.2) is 39.7 Å². The van der Waals surface area contributed by atoms with Crippen LogP contribution in [0, 0.1) is 0 Å². The van der Waals surface area contributed by atoms with Crippen molar-refractivity contribution >= 4 is 57.5 Å². The summed E-state index contributed by atoms with van der Waals surface area (Å²) >= 11 is 13.6. The zero-order valence-corrected chi connectivity index (χ0v) is 16.2. The topological polar surface area (TPSA) is 80.7 Å². The molecule has 1 aromatic carbocycles. The number of carboxylic acids is 1. The molecule has 0 saturated carbocycles. The number of halogens is 2. The maximum Gasteiger partial charge on any atom is 0.345 e. The van der Waals surface area contributed by atoms with E-state index in [0.29, 0.717) is 15.4 Å². The summed E-state index contributed by atoms with van der Waals surface area (Å²) in [6, 6.07) is 1.49. The lowest BCUT2D eigenvalue weighted by Crippen LogP contribution is -2.24. The Morgan fingerprint density at radius 2 is 2.00 bits per heavy atom. The fourth-order valence-corrected chi connectivity index (χ4v) is 4.76. The first-order valence-electron chi connectivity index (χ1n) is 6.72. The monoisotopic (exact) mass is 408 g/mol. The van der Waals surface area contributed by atoms with Gasteiger partial charge in [-0.2, -0.15) is 0 Å². The minimum absolute atomic E-state index is 0.00635. The van der Waals surface area contributed by atoms with E-state index < -0.39 is 28.7 Å². The Kier molecular flexibility index (Phi) is 6.01. The number of hydrogen-bond acceptors (Lipinski definition) is 5. The zero-order chi connectivity index (χ0) is 18.2. The fourth-order valence-electron chi connectivity index (χ4n) is 2.41. The lowest BCUT2D eigenvalue weighted by molar-refractivity contribution is -0.144. The number of benzene rings is 1. The summed E-state index contributed by atoms with van der Waals surface area (Å²) in [4.78, 5) is 23.8. The third kappa shape index (κ3) is 3.49. The Morgan fingerprint density at radius 1 is 1.38 bits per heavy atom. The molecular formula is C15H14Cl2O5S2.